The van der Waals surface area contributed by atoms with Crippen LogP contribution in [-0.2, 0) is 0 Å². The van der Waals surface area contributed by atoms with Crippen molar-refractivity contribution in [3.63, 3.8) is 0 Å². The Morgan fingerprint density at radius 3 is 3.25 bits per heavy atom. The molecule has 0 aromatic carbocycles. The van der Waals surface area contributed by atoms with Crippen LogP contribution in [0.25, 0.3) is 0 Å². The predicted octanol–water partition coefficient (Wildman–Crippen LogP) is 0.360. The quantitative estimate of drug-likeness (QED) is 0.614. The van der Waals surface area contributed by atoms with Gasteiger partial charge in [0.25, 0.3) is 0 Å². The number of rotatable bonds is 3. The first-order valence-corrected chi connectivity index (χ1v) is 4.31. The molecule has 1 atom stereocenters. The zero-order valence-corrected chi connectivity index (χ0v) is 7.29. The molecule has 0 bridgehead atoms. The van der Waals surface area contributed by atoms with Crippen LogP contribution in [0.5, 0.6) is 0 Å². The molecule has 3 heteroatoms. The van der Waals surface area contributed by atoms with E-state index in [0.717, 1.165) is 26.2 Å². The van der Waals surface area contributed by atoms with Crippen LogP contribution in [0, 0.1) is 11.3 Å². The SMILES string of the molecule is C=CCN1CCNCC1CC#N. The molecule has 0 saturated carbocycles. The van der Waals surface area contributed by atoms with E-state index in [2.05, 4.69) is 22.9 Å². The summed E-state index contributed by atoms with van der Waals surface area (Å²) >= 11 is 0. The summed E-state index contributed by atoms with van der Waals surface area (Å²) in [4.78, 5) is 2.30. The van der Waals surface area contributed by atoms with Gasteiger partial charge in [0.05, 0.1) is 12.5 Å². The van der Waals surface area contributed by atoms with Crippen molar-refractivity contribution < 1.29 is 0 Å². The van der Waals surface area contributed by atoms with E-state index in [1.807, 2.05) is 6.08 Å². The summed E-state index contributed by atoms with van der Waals surface area (Å²) in [7, 11) is 0. The lowest BCUT2D eigenvalue weighted by molar-refractivity contribution is 0.181. The van der Waals surface area contributed by atoms with Gasteiger partial charge in [-0.1, -0.05) is 6.08 Å². The van der Waals surface area contributed by atoms with Crippen molar-refractivity contribution in [3.05, 3.63) is 12.7 Å². The molecule has 1 rings (SSSR count). The summed E-state index contributed by atoms with van der Waals surface area (Å²) in [6, 6.07) is 2.59. The molecule has 0 amide bonds. The fraction of sp³-hybridized carbons (Fsp3) is 0.667. The van der Waals surface area contributed by atoms with Gasteiger partial charge in [-0.25, -0.2) is 0 Å². The Bertz CT molecular complexity index is 183. The van der Waals surface area contributed by atoms with Crippen LogP contribution in [0.15, 0.2) is 12.7 Å². The summed E-state index contributed by atoms with van der Waals surface area (Å²) in [6.45, 7) is 7.58. The van der Waals surface area contributed by atoms with E-state index in [-0.39, 0.29) is 0 Å². The molecule has 0 aromatic rings. The third-order valence-corrected chi connectivity index (χ3v) is 2.16. The molecule has 1 aliphatic rings. The topological polar surface area (TPSA) is 39.1 Å². The van der Waals surface area contributed by atoms with E-state index in [4.69, 9.17) is 5.26 Å². The Hall–Kier alpha value is -0.850. The lowest BCUT2D eigenvalue weighted by Gasteiger charge is -2.33. The molecule has 1 unspecified atom stereocenters. The van der Waals surface area contributed by atoms with E-state index in [0.29, 0.717) is 12.5 Å². The number of nitrogens with zero attached hydrogens (tertiary/aromatic N) is 2. The van der Waals surface area contributed by atoms with E-state index < -0.39 is 0 Å². The van der Waals surface area contributed by atoms with Gasteiger partial charge in [0, 0.05) is 32.2 Å². The molecular formula is C9H15N3. The minimum absolute atomic E-state index is 0.377. The van der Waals surface area contributed by atoms with Gasteiger partial charge in [0.2, 0.25) is 0 Å². The van der Waals surface area contributed by atoms with Crippen LogP contribution < -0.4 is 5.32 Å². The highest BCUT2D eigenvalue weighted by molar-refractivity contribution is 4.89. The van der Waals surface area contributed by atoms with Crippen molar-refractivity contribution in [2.45, 2.75) is 12.5 Å². The molecule has 1 aliphatic heterocycles. The second kappa shape index (κ2) is 4.91. The lowest BCUT2D eigenvalue weighted by atomic mass is 10.1. The van der Waals surface area contributed by atoms with E-state index in [1.54, 1.807) is 0 Å². The van der Waals surface area contributed by atoms with E-state index in [9.17, 15) is 0 Å². The summed E-state index contributed by atoms with van der Waals surface area (Å²) in [5, 5.41) is 11.9. The highest BCUT2D eigenvalue weighted by atomic mass is 15.2. The van der Waals surface area contributed by atoms with Gasteiger partial charge < -0.3 is 5.32 Å². The van der Waals surface area contributed by atoms with Crippen LogP contribution in [0.3, 0.4) is 0 Å². The van der Waals surface area contributed by atoms with Gasteiger partial charge in [-0.05, 0) is 0 Å². The van der Waals surface area contributed by atoms with Crippen molar-refractivity contribution in [1.82, 2.24) is 10.2 Å². The van der Waals surface area contributed by atoms with Gasteiger partial charge in [-0.15, -0.1) is 6.58 Å². The third kappa shape index (κ3) is 2.33. The van der Waals surface area contributed by atoms with Crippen molar-refractivity contribution >= 4 is 0 Å². The Balaban J connectivity index is 2.43. The van der Waals surface area contributed by atoms with Crippen molar-refractivity contribution in [2.24, 2.45) is 0 Å². The molecule has 12 heavy (non-hydrogen) atoms. The van der Waals surface area contributed by atoms with Gasteiger partial charge >= 0.3 is 0 Å². The number of nitrogens with one attached hydrogen (secondary N) is 1. The molecular weight excluding hydrogens is 150 g/mol. The maximum Gasteiger partial charge on any atom is 0.0638 e. The fourth-order valence-electron chi connectivity index (χ4n) is 1.52. The maximum atomic E-state index is 8.57. The highest BCUT2D eigenvalue weighted by Crippen LogP contribution is 2.05. The number of nitriles is 1. The first-order chi connectivity index (χ1) is 5.88. The first kappa shape index (κ1) is 9.24. The van der Waals surface area contributed by atoms with Gasteiger partial charge in [-0.2, -0.15) is 5.26 Å². The van der Waals surface area contributed by atoms with Crippen LogP contribution >= 0.6 is 0 Å². The zero-order chi connectivity index (χ0) is 8.81. The van der Waals surface area contributed by atoms with E-state index >= 15 is 0 Å². The molecule has 1 saturated heterocycles. The average Bonchev–Trinajstić information content (AvgIpc) is 2.09. The number of hydrogen-bond acceptors (Lipinski definition) is 3. The van der Waals surface area contributed by atoms with Gasteiger partial charge in [-0.3, -0.25) is 4.90 Å². The van der Waals surface area contributed by atoms with Crippen LogP contribution in [-0.4, -0.2) is 37.1 Å². The molecule has 0 aromatic heterocycles. The standard InChI is InChI=1S/C9H15N3/c1-2-6-12-7-5-11-8-9(12)3-4-10/h2,9,11H,1,3,5-8H2. The average molecular weight is 165 g/mol. The summed E-state index contributed by atoms with van der Waals surface area (Å²) in [5.41, 5.74) is 0. The second-order valence-electron chi connectivity index (χ2n) is 3.00. The summed E-state index contributed by atoms with van der Waals surface area (Å²) in [6.07, 6.45) is 2.51. The third-order valence-electron chi connectivity index (χ3n) is 2.16. The largest absolute Gasteiger partial charge is 0.314 e. The zero-order valence-electron chi connectivity index (χ0n) is 7.29. The Kier molecular flexibility index (Phi) is 3.78. The van der Waals surface area contributed by atoms with Crippen LogP contribution in [0.4, 0.5) is 0 Å². The Labute approximate surface area is 73.7 Å². The first-order valence-electron chi connectivity index (χ1n) is 4.31. The van der Waals surface area contributed by atoms with Crippen molar-refractivity contribution in [2.75, 3.05) is 26.2 Å². The minimum atomic E-state index is 0.377. The molecule has 3 nitrogen and oxygen atoms in total. The molecule has 1 N–H and O–H groups in total. The Morgan fingerprint density at radius 2 is 2.58 bits per heavy atom. The molecule has 1 heterocycles. The van der Waals surface area contributed by atoms with Gasteiger partial charge in [0.15, 0.2) is 0 Å². The van der Waals surface area contributed by atoms with Gasteiger partial charge in [0.1, 0.15) is 0 Å². The molecule has 0 radical (unpaired) electrons. The monoisotopic (exact) mass is 165 g/mol. The molecule has 66 valence electrons. The summed E-state index contributed by atoms with van der Waals surface area (Å²) in [5.74, 6) is 0. The Morgan fingerprint density at radius 1 is 1.75 bits per heavy atom. The summed E-state index contributed by atoms with van der Waals surface area (Å²) < 4.78 is 0. The molecule has 0 aliphatic carbocycles. The lowest BCUT2D eigenvalue weighted by Crippen LogP contribution is -2.50. The number of hydrogen-bond donors (Lipinski definition) is 1. The van der Waals surface area contributed by atoms with Crippen LogP contribution in [0.2, 0.25) is 0 Å². The fourth-order valence-corrected chi connectivity index (χ4v) is 1.52. The number of piperazine rings is 1. The van der Waals surface area contributed by atoms with Crippen LogP contribution in [0.1, 0.15) is 6.42 Å². The highest BCUT2D eigenvalue weighted by Gasteiger charge is 2.19. The molecule has 0 spiro atoms. The normalized spacial score (nSPS) is 24.8. The smallest absolute Gasteiger partial charge is 0.0638 e. The van der Waals surface area contributed by atoms with Crippen molar-refractivity contribution in [1.29, 1.82) is 5.26 Å². The minimum Gasteiger partial charge on any atom is -0.314 e. The maximum absolute atomic E-state index is 8.57. The second-order valence-corrected chi connectivity index (χ2v) is 3.00. The van der Waals surface area contributed by atoms with E-state index in [1.165, 1.54) is 0 Å². The molecule has 1 fully saturated rings. The van der Waals surface area contributed by atoms with Crippen molar-refractivity contribution in [3.8, 4) is 6.07 Å². The predicted molar refractivity (Wildman–Crippen MR) is 48.7 cm³/mol.